The topological polar surface area (TPSA) is 3.24 Å². The average Bonchev–Trinajstić information content (AvgIpc) is 3.61. The fourth-order valence-corrected chi connectivity index (χ4v) is 9.06. The van der Waals surface area contributed by atoms with Crippen molar-refractivity contribution >= 4 is 70.1 Å². The van der Waals surface area contributed by atoms with Gasteiger partial charge in [-0.2, -0.15) is 0 Å². The van der Waals surface area contributed by atoms with Crippen molar-refractivity contribution in [2.24, 2.45) is 0 Å². The molecule has 0 fully saturated rings. The molecule has 10 aromatic rings. The Morgan fingerprint density at radius 3 is 1.71 bits per heavy atom. The standard InChI is InChI=1S/C50H33NS/c1-3-14-34(15-4-1)36-28-30-39(31-29-36)51(40-21-11-20-38(32-40)35-16-5-2-6-17-35)47-33-46-49-44(42-25-12-19-37-18-7-8-22-41(37)42)26-13-27-48(49)52-50(46)45-24-10-9-23-43(45)47/h1-33H. The normalized spacial score (nSPS) is 11.5. The Kier molecular flexibility index (Phi) is 7.41. The smallest absolute Gasteiger partial charge is 0.0547 e. The van der Waals surface area contributed by atoms with Crippen LogP contribution in [-0.4, -0.2) is 0 Å². The van der Waals surface area contributed by atoms with Crippen LogP contribution in [0.4, 0.5) is 17.1 Å². The Balaban J connectivity index is 1.26. The third-order valence-electron chi connectivity index (χ3n) is 10.2. The monoisotopic (exact) mass is 679 g/mol. The van der Waals surface area contributed by atoms with Crippen LogP contribution < -0.4 is 4.90 Å². The van der Waals surface area contributed by atoms with Crippen molar-refractivity contribution in [1.29, 1.82) is 0 Å². The summed E-state index contributed by atoms with van der Waals surface area (Å²) >= 11 is 1.90. The van der Waals surface area contributed by atoms with E-state index in [2.05, 4.69) is 205 Å². The lowest BCUT2D eigenvalue weighted by atomic mass is 9.93. The van der Waals surface area contributed by atoms with Crippen LogP contribution in [0.3, 0.4) is 0 Å². The number of anilines is 3. The van der Waals surface area contributed by atoms with Crippen molar-refractivity contribution in [2.45, 2.75) is 0 Å². The van der Waals surface area contributed by atoms with Crippen molar-refractivity contribution in [1.82, 2.24) is 0 Å². The van der Waals surface area contributed by atoms with Crippen LogP contribution in [0.5, 0.6) is 0 Å². The highest BCUT2D eigenvalue weighted by Crippen LogP contribution is 2.49. The number of hydrogen-bond donors (Lipinski definition) is 0. The molecule has 0 aliphatic heterocycles. The van der Waals surface area contributed by atoms with E-state index in [4.69, 9.17) is 0 Å². The largest absolute Gasteiger partial charge is 0.310 e. The minimum Gasteiger partial charge on any atom is -0.310 e. The maximum absolute atomic E-state index is 2.45. The summed E-state index contributed by atoms with van der Waals surface area (Å²) in [7, 11) is 0. The molecular formula is C50H33NS. The van der Waals surface area contributed by atoms with E-state index in [1.807, 2.05) is 11.3 Å². The van der Waals surface area contributed by atoms with Crippen LogP contribution in [0, 0.1) is 0 Å². The molecule has 0 N–H and O–H groups in total. The van der Waals surface area contributed by atoms with Gasteiger partial charge in [-0.3, -0.25) is 0 Å². The van der Waals surface area contributed by atoms with Crippen molar-refractivity contribution in [2.75, 3.05) is 4.90 Å². The van der Waals surface area contributed by atoms with Gasteiger partial charge in [0.2, 0.25) is 0 Å². The van der Waals surface area contributed by atoms with Gasteiger partial charge in [-0.15, -0.1) is 11.3 Å². The van der Waals surface area contributed by atoms with E-state index in [0.29, 0.717) is 0 Å². The first-order valence-electron chi connectivity index (χ1n) is 17.8. The van der Waals surface area contributed by atoms with E-state index in [1.54, 1.807) is 0 Å². The summed E-state index contributed by atoms with van der Waals surface area (Å²) in [5.41, 5.74) is 10.7. The first kappa shape index (κ1) is 30.4. The van der Waals surface area contributed by atoms with Gasteiger partial charge in [-0.25, -0.2) is 0 Å². The summed E-state index contributed by atoms with van der Waals surface area (Å²) in [6.45, 7) is 0. The van der Waals surface area contributed by atoms with Gasteiger partial charge in [-0.05, 0) is 80.6 Å². The highest BCUT2D eigenvalue weighted by Gasteiger charge is 2.21. The Morgan fingerprint density at radius 2 is 0.923 bits per heavy atom. The second-order valence-corrected chi connectivity index (χ2v) is 14.3. The highest BCUT2D eigenvalue weighted by atomic mass is 32.1. The van der Waals surface area contributed by atoms with Crippen LogP contribution >= 0.6 is 11.3 Å². The fourth-order valence-electron chi connectivity index (χ4n) is 7.81. The molecule has 9 aromatic carbocycles. The molecule has 1 heterocycles. The Morgan fingerprint density at radius 1 is 0.346 bits per heavy atom. The van der Waals surface area contributed by atoms with E-state index >= 15 is 0 Å². The van der Waals surface area contributed by atoms with Gasteiger partial charge in [0.1, 0.15) is 0 Å². The predicted octanol–water partition coefficient (Wildman–Crippen LogP) is 14.8. The van der Waals surface area contributed by atoms with Gasteiger partial charge in [0.25, 0.3) is 0 Å². The third-order valence-corrected chi connectivity index (χ3v) is 11.4. The summed E-state index contributed by atoms with van der Waals surface area (Å²) in [6.07, 6.45) is 0. The zero-order valence-electron chi connectivity index (χ0n) is 28.4. The first-order chi connectivity index (χ1) is 25.8. The molecule has 0 amide bonds. The third kappa shape index (κ3) is 5.16. The van der Waals surface area contributed by atoms with Gasteiger partial charge in [-0.1, -0.05) is 164 Å². The minimum atomic E-state index is 1.11. The van der Waals surface area contributed by atoms with E-state index in [-0.39, 0.29) is 0 Å². The molecule has 1 aromatic heterocycles. The highest BCUT2D eigenvalue weighted by molar-refractivity contribution is 7.26. The average molecular weight is 680 g/mol. The molecule has 0 saturated carbocycles. The van der Waals surface area contributed by atoms with Gasteiger partial charge in [0.05, 0.1) is 5.69 Å². The van der Waals surface area contributed by atoms with Gasteiger partial charge < -0.3 is 4.90 Å². The Bertz CT molecular complexity index is 2880. The van der Waals surface area contributed by atoms with Gasteiger partial charge in [0, 0.05) is 42.3 Å². The summed E-state index contributed by atoms with van der Waals surface area (Å²) < 4.78 is 2.62. The zero-order valence-corrected chi connectivity index (χ0v) is 29.2. The van der Waals surface area contributed by atoms with Gasteiger partial charge in [0.15, 0.2) is 0 Å². The Labute approximate surface area is 307 Å². The van der Waals surface area contributed by atoms with Crippen molar-refractivity contribution in [3.63, 3.8) is 0 Å². The van der Waals surface area contributed by atoms with E-state index in [9.17, 15) is 0 Å². The quantitative estimate of drug-likeness (QED) is 0.169. The Hall–Kier alpha value is -6.48. The van der Waals surface area contributed by atoms with Gasteiger partial charge >= 0.3 is 0 Å². The number of benzene rings is 9. The second kappa shape index (κ2) is 12.7. The lowest BCUT2D eigenvalue weighted by molar-refractivity contribution is 1.30. The van der Waals surface area contributed by atoms with Crippen LogP contribution in [0.2, 0.25) is 0 Å². The minimum absolute atomic E-state index is 1.11. The zero-order chi connectivity index (χ0) is 34.4. The molecular weight excluding hydrogens is 647 g/mol. The van der Waals surface area contributed by atoms with E-state index in [1.165, 1.54) is 75.1 Å². The van der Waals surface area contributed by atoms with Crippen molar-refractivity contribution in [3.8, 4) is 33.4 Å². The summed E-state index contributed by atoms with van der Waals surface area (Å²) in [5.74, 6) is 0. The van der Waals surface area contributed by atoms with Crippen molar-refractivity contribution in [3.05, 3.63) is 200 Å². The molecule has 0 radical (unpaired) electrons. The number of thiophene rings is 1. The molecule has 1 nitrogen and oxygen atoms in total. The van der Waals surface area contributed by atoms with Crippen LogP contribution in [0.25, 0.3) is 75.1 Å². The molecule has 0 aliphatic rings. The lowest BCUT2D eigenvalue weighted by Crippen LogP contribution is -2.10. The number of nitrogens with zero attached hydrogens (tertiary/aromatic N) is 1. The van der Waals surface area contributed by atoms with Crippen LogP contribution in [0.1, 0.15) is 0 Å². The molecule has 52 heavy (non-hydrogen) atoms. The molecule has 10 rings (SSSR count). The molecule has 0 bridgehead atoms. The number of hydrogen-bond acceptors (Lipinski definition) is 2. The predicted molar refractivity (Wildman–Crippen MR) is 225 cm³/mol. The SMILES string of the molecule is c1ccc(-c2ccc(N(c3cccc(-c4ccccc4)c3)c3cc4c(sc5cccc(-c6cccc7ccccc67)c54)c4ccccc34)cc2)cc1. The lowest BCUT2D eigenvalue weighted by Gasteiger charge is -2.28. The summed E-state index contributed by atoms with van der Waals surface area (Å²) in [5, 5.41) is 7.61. The molecule has 0 atom stereocenters. The summed E-state index contributed by atoms with van der Waals surface area (Å²) in [6, 6.07) is 72.9. The van der Waals surface area contributed by atoms with E-state index in [0.717, 1.165) is 17.1 Å². The molecule has 0 saturated heterocycles. The molecule has 0 aliphatic carbocycles. The fraction of sp³-hybridized carbons (Fsp3) is 0. The number of fused-ring (bicyclic) bond motifs is 6. The number of rotatable bonds is 6. The summed E-state index contributed by atoms with van der Waals surface area (Å²) in [4.78, 5) is 2.45. The maximum Gasteiger partial charge on any atom is 0.0547 e. The van der Waals surface area contributed by atoms with E-state index < -0.39 is 0 Å². The van der Waals surface area contributed by atoms with Crippen LogP contribution in [0.15, 0.2) is 200 Å². The maximum atomic E-state index is 2.45. The second-order valence-electron chi connectivity index (χ2n) is 13.3. The molecule has 0 unspecified atom stereocenters. The van der Waals surface area contributed by atoms with Crippen LogP contribution in [-0.2, 0) is 0 Å². The molecule has 0 spiro atoms. The molecule has 2 heteroatoms. The van der Waals surface area contributed by atoms with Crippen molar-refractivity contribution < 1.29 is 0 Å². The molecule has 244 valence electrons. The first-order valence-corrected chi connectivity index (χ1v) is 18.6.